The number of ketones is 1. The maximum atomic E-state index is 12.4. The van der Waals surface area contributed by atoms with Crippen LogP contribution in [-0.4, -0.2) is 23.3 Å². The highest BCUT2D eigenvalue weighted by Crippen LogP contribution is 2.31. The molecule has 0 aliphatic carbocycles. The van der Waals surface area contributed by atoms with Crippen LogP contribution in [0.5, 0.6) is 0 Å². The van der Waals surface area contributed by atoms with E-state index >= 15 is 0 Å². The van der Waals surface area contributed by atoms with Gasteiger partial charge in [0.05, 0.1) is 11.1 Å². The quantitative estimate of drug-likeness (QED) is 0.693. The number of aromatic nitrogens is 1. The van der Waals surface area contributed by atoms with Crippen LogP contribution in [0.1, 0.15) is 10.5 Å². The van der Waals surface area contributed by atoms with E-state index in [1.165, 1.54) is 7.05 Å². The number of nitrogens with zero attached hydrogens (tertiary/aromatic N) is 2. The fourth-order valence-electron chi connectivity index (χ4n) is 2.14. The SMILES string of the molecule is CNC(=O)C(C#N)C(=O)c1c(Cl)c2ccccc2n1C. The first kappa shape index (κ1) is 14.1. The van der Waals surface area contributed by atoms with Crippen molar-refractivity contribution in [2.24, 2.45) is 13.0 Å². The topological polar surface area (TPSA) is 74.9 Å². The monoisotopic (exact) mass is 289 g/mol. The second-order valence-corrected chi connectivity index (χ2v) is 4.66. The number of fused-ring (bicyclic) bond motifs is 1. The lowest BCUT2D eigenvalue weighted by atomic mass is 10.0. The van der Waals surface area contributed by atoms with E-state index in [1.807, 2.05) is 18.2 Å². The largest absolute Gasteiger partial charge is 0.358 e. The summed E-state index contributed by atoms with van der Waals surface area (Å²) in [5, 5.41) is 12.3. The number of nitrogens with one attached hydrogen (secondary N) is 1. The van der Waals surface area contributed by atoms with Crippen molar-refractivity contribution in [3.63, 3.8) is 0 Å². The molecule has 102 valence electrons. The van der Waals surface area contributed by atoms with Crippen molar-refractivity contribution in [3.05, 3.63) is 35.0 Å². The number of nitriles is 1. The van der Waals surface area contributed by atoms with Gasteiger partial charge < -0.3 is 9.88 Å². The summed E-state index contributed by atoms with van der Waals surface area (Å²) in [5.74, 6) is -2.64. The lowest BCUT2D eigenvalue weighted by Gasteiger charge is -2.08. The Morgan fingerprint density at radius 3 is 2.60 bits per heavy atom. The van der Waals surface area contributed by atoms with Crippen molar-refractivity contribution < 1.29 is 9.59 Å². The van der Waals surface area contributed by atoms with Crippen LogP contribution in [0.25, 0.3) is 10.9 Å². The van der Waals surface area contributed by atoms with Crippen LogP contribution in [0.2, 0.25) is 5.02 Å². The summed E-state index contributed by atoms with van der Waals surface area (Å²) in [6.45, 7) is 0. The second-order valence-electron chi connectivity index (χ2n) is 4.28. The van der Waals surface area contributed by atoms with Gasteiger partial charge in [-0.1, -0.05) is 29.8 Å². The molecule has 0 bridgehead atoms. The molecule has 6 heteroatoms. The van der Waals surface area contributed by atoms with Crippen LogP contribution in [0.3, 0.4) is 0 Å². The van der Waals surface area contributed by atoms with E-state index in [-0.39, 0.29) is 10.7 Å². The number of amides is 1. The van der Waals surface area contributed by atoms with Gasteiger partial charge in [-0.05, 0) is 6.07 Å². The van der Waals surface area contributed by atoms with Crippen LogP contribution < -0.4 is 5.32 Å². The average molecular weight is 290 g/mol. The first-order chi connectivity index (χ1) is 9.52. The van der Waals surface area contributed by atoms with Gasteiger partial charge in [-0.3, -0.25) is 9.59 Å². The number of benzene rings is 1. The van der Waals surface area contributed by atoms with E-state index in [0.29, 0.717) is 5.39 Å². The molecule has 2 aromatic rings. The van der Waals surface area contributed by atoms with E-state index < -0.39 is 17.6 Å². The minimum atomic E-state index is -1.40. The predicted octanol–water partition coefficient (Wildman–Crippen LogP) is 1.90. The molecule has 0 aliphatic heterocycles. The van der Waals surface area contributed by atoms with Crippen LogP contribution >= 0.6 is 11.6 Å². The maximum absolute atomic E-state index is 12.4. The normalized spacial score (nSPS) is 11.9. The van der Waals surface area contributed by atoms with E-state index in [1.54, 1.807) is 23.8 Å². The Hall–Kier alpha value is -2.32. The van der Waals surface area contributed by atoms with Gasteiger partial charge in [-0.15, -0.1) is 0 Å². The van der Waals surface area contributed by atoms with Crippen LogP contribution in [0.4, 0.5) is 0 Å². The zero-order valence-corrected chi connectivity index (χ0v) is 11.7. The number of hydrogen-bond acceptors (Lipinski definition) is 3. The molecule has 20 heavy (non-hydrogen) atoms. The first-order valence-electron chi connectivity index (χ1n) is 5.91. The summed E-state index contributed by atoms with van der Waals surface area (Å²) in [7, 11) is 3.06. The Morgan fingerprint density at radius 2 is 2.05 bits per heavy atom. The number of halogens is 1. The molecule has 5 nitrogen and oxygen atoms in total. The second kappa shape index (κ2) is 5.35. The Morgan fingerprint density at radius 1 is 1.40 bits per heavy atom. The standard InChI is InChI=1S/C14H12ClN3O2/c1-17-14(20)9(7-16)13(19)12-11(15)8-5-3-4-6-10(8)18(12)2/h3-6,9H,1-2H3,(H,17,20). The highest BCUT2D eigenvalue weighted by Gasteiger charge is 2.31. The summed E-state index contributed by atoms with van der Waals surface area (Å²) in [6.07, 6.45) is 0. The van der Waals surface area contributed by atoms with Crippen molar-refractivity contribution in [1.29, 1.82) is 5.26 Å². The fourth-order valence-corrected chi connectivity index (χ4v) is 2.52. The zero-order valence-electron chi connectivity index (χ0n) is 11.0. The Labute approximate surface area is 120 Å². The van der Waals surface area contributed by atoms with Crippen LogP contribution in [0, 0.1) is 17.2 Å². The maximum Gasteiger partial charge on any atom is 0.245 e. The van der Waals surface area contributed by atoms with Gasteiger partial charge >= 0.3 is 0 Å². The minimum absolute atomic E-state index is 0.169. The summed E-state index contributed by atoms with van der Waals surface area (Å²) >= 11 is 6.22. The molecule has 0 spiro atoms. The first-order valence-corrected chi connectivity index (χ1v) is 6.29. The number of carbonyl (C=O) groups excluding carboxylic acids is 2. The zero-order chi connectivity index (χ0) is 14.9. The fraction of sp³-hybridized carbons (Fsp3) is 0.214. The molecule has 2 rings (SSSR count). The Kier molecular flexibility index (Phi) is 3.77. The van der Waals surface area contributed by atoms with Crippen LogP contribution in [0.15, 0.2) is 24.3 Å². The Balaban J connectivity index is 2.61. The van der Waals surface area contributed by atoms with E-state index in [2.05, 4.69) is 5.32 Å². The summed E-state index contributed by atoms with van der Waals surface area (Å²) in [5.41, 5.74) is 0.942. The molecule has 0 saturated carbocycles. The molecule has 1 N–H and O–H groups in total. The molecule has 1 atom stereocenters. The average Bonchev–Trinajstić information content (AvgIpc) is 2.72. The summed E-state index contributed by atoms with van der Waals surface area (Å²) < 4.78 is 1.60. The number of hydrogen-bond donors (Lipinski definition) is 1. The van der Waals surface area contributed by atoms with Gasteiger partial charge in [0.2, 0.25) is 11.7 Å². The van der Waals surface area contributed by atoms with Crippen molar-refractivity contribution in [3.8, 4) is 6.07 Å². The molecule has 1 unspecified atom stereocenters. The lowest BCUT2D eigenvalue weighted by molar-refractivity contribution is -0.121. The smallest absolute Gasteiger partial charge is 0.245 e. The van der Waals surface area contributed by atoms with Gasteiger partial charge in [0.25, 0.3) is 0 Å². The number of carbonyl (C=O) groups is 2. The third kappa shape index (κ3) is 2.04. The predicted molar refractivity (Wildman–Crippen MR) is 75.4 cm³/mol. The number of Topliss-reactive ketones (excluding diaryl/α,β-unsaturated/α-hetero) is 1. The van der Waals surface area contributed by atoms with Crippen LogP contribution in [-0.2, 0) is 11.8 Å². The Bertz CT molecular complexity index is 704. The van der Waals surface area contributed by atoms with E-state index in [0.717, 1.165) is 5.52 Å². The molecule has 0 saturated heterocycles. The van der Waals surface area contributed by atoms with E-state index in [9.17, 15) is 9.59 Å². The molecular formula is C14H12ClN3O2. The molecule has 1 amide bonds. The molecule has 1 heterocycles. The molecule has 0 fully saturated rings. The molecule has 1 aromatic carbocycles. The molecule has 0 aliphatic rings. The van der Waals surface area contributed by atoms with Gasteiger partial charge in [0.1, 0.15) is 5.69 Å². The van der Waals surface area contributed by atoms with Gasteiger partial charge in [-0.25, -0.2) is 0 Å². The van der Waals surface area contributed by atoms with E-state index in [4.69, 9.17) is 16.9 Å². The lowest BCUT2D eigenvalue weighted by Crippen LogP contribution is -2.33. The third-order valence-corrected chi connectivity index (χ3v) is 3.56. The summed E-state index contributed by atoms with van der Waals surface area (Å²) in [4.78, 5) is 24.0. The highest BCUT2D eigenvalue weighted by molar-refractivity contribution is 6.39. The van der Waals surface area contributed by atoms with Crippen molar-refractivity contribution >= 4 is 34.2 Å². The highest BCUT2D eigenvalue weighted by atomic mass is 35.5. The van der Waals surface area contributed by atoms with Gasteiger partial charge in [0.15, 0.2) is 5.92 Å². The molecule has 0 radical (unpaired) electrons. The third-order valence-electron chi connectivity index (χ3n) is 3.18. The molecule has 1 aromatic heterocycles. The summed E-state index contributed by atoms with van der Waals surface area (Å²) in [6, 6.07) is 8.96. The van der Waals surface area contributed by atoms with Crippen molar-refractivity contribution in [2.75, 3.05) is 7.05 Å². The number of aryl methyl sites for hydroxylation is 1. The van der Waals surface area contributed by atoms with Gasteiger partial charge in [0, 0.05) is 25.0 Å². The van der Waals surface area contributed by atoms with Crippen molar-refractivity contribution in [2.45, 2.75) is 0 Å². The minimum Gasteiger partial charge on any atom is -0.358 e. The number of rotatable bonds is 3. The van der Waals surface area contributed by atoms with Gasteiger partial charge in [-0.2, -0.15) is 5.26 Å². The number of para-hydroxylation sites is 1. The molecular weight excluding hydrogens is 278 g/mol. The van der Waals surface area contributed by atoms with Crippen molar-refractivity contribution in [1.82, 2.24) is 9.88 Å².